The lowest BCUT2D eigenvalue weighted by Crippen LogP contribution is -2.18. The molecular weight excluding hydrogens is 504 g/mol. The summed E-state index contributed by atoms with van der Waals surface area (Å²) in [5, 5.41) is 1.78. The Labute approximate surface area is 234 Å². The molecule has 0 aromatic heterocycles. The van der Waals surface area contributed by atoms with Crippen molar-refractivity contribution in [3.63, 3.8) is 0 Å². The van der Waals surface area contributed by atoms with Crippen molar-refractivity contribution in [1.29, 1.82) is 0 Å². The molecule has 0 aliphatic heterocycles. The van der Waals surface area contributed by atoms with E-state index in [2.05, 4.69) is 13.2 Å². The minimum absolute atomic E-state index is 0.132. The van der Waals surface area contributed by atoms with Crippen molar-refractivity contribution in [2.75, 3.05) is 13.2 Å². The molecule has 6 heteroatoms. The van der Waals surface area contributed by atoms with Crippen LogP contribution in [0.15, 0.2) is 121 Å². The highest BCUT2D eigenvalue weighted by Gasteiger charge is 2.20. The summed E-state index contributed by atoms with van der Waals surface area (Å²) in [6.45, 7) is 10.8. The predicted molar refractivity (Wildman–Crippen MR) is 155 cm³/mol. The monoisotopic (exact) mass is 536 g/mol. The van der Waals surface area contributed by atoms with E-state index in [1.54, 1.807) is 13.8 Å². The van der Waals surface area contributed by atoms with E-state index >= 15 is 0 Å². The second-order valence-corrected chi connectivity index (χ2v) is 9.43. The lowest BCUT2D eigenvalue weighted by Gasteiger charge is -2.20. The number of rotatable bonds is 12. The zero-order chi connectivity index (χ0) is 28.5. The summed E-state index contributed by atoms with van der Waals surface area (Å²) in [5.74, 6) is 0.323. The Balaban J connectivity index is 1.49. The fourth-order valence-electron chi connectivity index (χ4n) is 3.98. The van der Waals surface area contributed by atoms with Crippen molar-refractivity contribution in [3.05, 3.63) is 132 Å². The van der Waals surface area contributed by atoms with Crippen LogP contribution < -0.4 is 9.47 Å². The molecular formula is C34H32O6. The fraction of sp³-hybridized carbons (Fsp3) is 0.176. The molecule has 0 fully saturated rings. The zero-order valence-corrected chi connectivity index (χ0v) is 22.7. The molecule has 4 aromatic carbocycles. The lowest BCUT2D eigenvalue weighted by atomic mass is 10.1. The molecule has 6 nitrogen and oxygen atoms in total. The van der Waals surface area contributed by atoms with E-state index in [4.69, 9.17) is 18.9 Å². The van der Waals surface area contributed by atoms with Crippen LogP contribution in [0.25, 0.3) is 10.8 Å². The van der Waals surface area contributed by atoms with Gasteiger partial charge in [0.15, 0.2) is 12.2 Å². The SMILES string of the molecule is C=C(C)C(=O)OC(COc1ccc2c(OCC(OC(=O)C(=C)C)c3ccccc3)cccc2c1)c1ccccc1. The molecule has 0 radical (unpaired) electrons. The van der Waals surface area contributed by atoms with E-state index in [0.29, 0.717) is 22.6 Å². The van der Waals surface area contributed by atoms with Gasteiger partial charge in [0.2, 0.25) is 0 Å². The van der Waals surface area contributed by atoms with Crippen LogP contribution in [0.1, 0.15) is 37.2 Å². The molecule has 0 amide bonds. The molecule has 0 saturated carbocycles. The first-order valence-electron chi connectivity index (χ1n) is 12.9. The van der Waals surface area contributed by atoms with Gasteiger partial charge in [0.05, 0.1) is 0 Å². The van der Waals surface area contributed by atoms with Gasteiger partial charge in [-0.25, -0.2) is 9.59 Å². The van der Waals surface area contributed by atoms with Crippen molar-refractivity contribution in [2.24, 2.45) is 0 Å². The highest BCUT2D eigenvalue weighted by Crippen LogP contribution is 2.31. The Morgan fingerprint density at radius 2 is 1.18 bits per heavy atom. The van der Waals surface area contributed by atoms with Gasteiger partial charge in [-0.3, -0.25) is 0 Å². The largest absolute Gasteiger partial charge is 0.489 e. The Morgan fingerprint density at radius 3 is 1.70 bits per heavy atom. The maximum absolute atomic E-state index is 12.3. The third-order valence-corrected chi connectivity index (χ3v) is 6.14. The van der Waals surface area contributed by atoms with E-state index in [-0.39, 0.29) is 13.2 Å². The Kier molecular flexibility index (Phi) is 9.36. The molecule has 40 heavy (non-hydrogen) atoms. The fourth-order valence-corrected chi connectivity index (χ4v) is 3.98. The number of fused-ring (bicyclic) bond motifs is 1. The van der Waals surface area contributed by atoms with Gasteiger partial charge in [-0.2, -0.15) is 0 Å². The van der Waals surface area contributed by atoms with Crippen LogP contribution in [-0.2, 0) is 19.1 Å². The molecule has 0 bridgehead atoms. The number of hydrogen-bond donors (Lipinski definition) is 0. The molecule has 4 aromatic rings. The normalized spacial score (nSPS) is 12.2. The first-order valence-corrected chi connectivity index (χ1v) is 12.9. The van der Waals surface area contributed by atoms with Crippen LogP contribution >= 0.6 is 0 Å². The first kappa shape index (κ1) is 28.2. The lowest BCUT2D eigenvalue weighted by molar-refractivity contribution is -0.147. The average molecular weight is 537 g/mol. The van der Waals surface area contributed by atoms with Crippen molar-refractivity contribution in [3.8, 4) is 11.5 Å². The maximum atomic E-state index is 12.3. The highest BCUT2D eigenvalue weighted by molar-refractivity contribution is 5.89. The minimum Gasteiger partial charge on any atom is -0.489 e. The van der Waals surface area contributed by atoms with Gasteiger partial charge in [-0.1, -0.05) is 86.0 Å². The molecule has 4 rings (SSSR count). The molecule has 0 heterocycles. The molecule has 0 saturated heterocycles. The van der Waals surface area contributed by atoms with Crippen molar-refractivity contribution >= 4 is 22.7 Å². The first-order chi connectivity index (χ1) is 19.3. The number of esters is 2. The second-order valence-electron chi connectivity index (χ2n) is 9.43. The summed E-state index contributed by atoms with van der Waals surface area (Å²) in [7, 11) is 0. The summed E-state index contributed by atoms with van der Waals surface area (Å²) in [5.41, 5.74) is 2.30. The van der Waals surface area contributed by atoms with E-state index in [1.165, 1.54) is 0 Å². The van der Waals surface area contributed by atoms with E-state index in [9.17, 15) is 9.59 Å². The van der Waals surface area contributed by atoms with E-state index in [0.717, 1.165) is 21.9 Å². The van der Waals surface area contributed by atoms with Gasteiger partial charge in [0, 0.05) is 16.5 Å². The van der Waals surface area contributed by atoms with Gasteiger partial charge in [-0.15, -0.1) is 0 Å². The summed E-state index contributed by atoms with van der Waals surface area (Å²) in [6, 6.07) is 30.3. The number of ether oxygens (including phenoxy) is 4. The minimum atomic E-state index is -0.597. The summed E-state index contributed by atoms with van der Waals surface area (Å²) in [6.07, 6.45) is -1.19. The van der Waals surface area contributed by atoms with Crippen molar-refractivity contribution in [1.82, 2.24) is 0 Å². The third-order valence-electron chi connectivity index (χ3n) is 6.14. The van der Waals surface area contributed by atoms with Crippen molar-refractivity contribution in [2.45, 2.75) is 26.1 Å². The molecule has 204 valence electrons. The van der Waals surface area contributed by atoms with Gasteiger partial charge in [0.25, 0.3) is 0 Å². The Bertz CT molecular complexity index is 1490. The molecule has 2 unspecified atom stereocenters. The predicted octanol–water partition coefficient (Wildman–Crippen LogP) is 7.32. The van der Waals surface area contributed by atoms with Gasteiger partial charge >= 0.3 is 11.9 Å². The van der Waals surface area contributed by atoms with Crippen LogP contribution in [0.5, 0.6) is 11.5 Å². The smallest absolute Gasteiger partial charge is 0.333 e. The second kappa shape index (κ2) is 13.3. The Morgan fingerprint density at radius 1 is 0.650 bits per heavy atom. The van der Waals surface area contributed by atoms with E-state index in [1.807, 2.05) is 97.1 Å². The Hall–Kier alpha value is -4.84. The maximum Gasteiger partial charge on any atom is 0.333 e. The van der Waals surface area contributed by atoms with Crippen LogP contribution in [-0.4, -0.2) is 25.2 Å². The van der Waals surface area contributed by atoms with Crippen LogP contribution in [0.2, 0.25) is 0 Å². The van der Waals surface area contributed by atoms with E-state index < -0.39 is 24.1 Å². The van der Waals surface area contributed by atoms with Gasteiger partial charge < -0.3 is 18.9 Å². The molecule has 0 aliphatic rings. The summed E-state index contributed by atoms with van der Waals surface area (Å²) < 4.78 is 23.5. The molecule has 0 aliphatic carbocycles. The number of carbonyl (C=O) groups excluding carboxylic acids is 2. The number of hydrogen-bond acceptors (Lipinski definition) is 6. The molecule has 0 N–H and O–H groups in total. The standard InChI is InChI=1S/C34H32O6/c1-23(2)33(35)39-31(25-12-7-5-8-13-25)21-37-28-18-19-29-27(20-28)16-11-17-30(29)38-22-32(40-34(36)24(3)4)26-14-9-6-10-15-26/h5-20,31-32H,1,3,21-22H2,2,4H3. The third kappa shape index (κ3) is 7.38. The zero-order valence-electron chi connectivity index (χ0n) is 22.7. The number of benzene rings is 4. The highest BCUT2D eigenvalue weighted by atomic mass is 16.6. The average Bonchev–Trinajstić information content (AvgIpc) is 2.97. The van der Waals surface area contributed by atoms with Crippen LogP contribution in [0.3, 0.4) is 0 Å². The topological polar surface area (TPSA) is 71.1 Å². The summed E-state index contributed by atoms with van der Waals surface area (Å²) >= 11 is 0. The van der Waals surface area contributed by atoms with Crippen LogP contribution in [0.4, 0.5) is 0 Å². The number of carbonyl (C=O) groups is 2. The molecule has 0 spiro atoms. The quantitative estimate of drug-likeness (QED) is 0.140. The van der Waals surface area contributed by atoms with Crippen molar-refractivity contribution < 1.29 is 28.5 Å². The van der Waals surface area contributed by atoms with Crippen LogP contribution in [0, 0.1) is 0 Å². The van der Waals surface area contributed by atoms with Gasteiger partial charge in [0.1, 0.15) is 24.7 Å². The molecule has 2 atom stereocenters. The summed E-state index contributed by atoms with van der Waals surface area (Å²) in [4.78, 5) is 24.5. The van der Waals surface area contributed by atoms with Gasteiger partial charge in [-0.05, 0) is 54.6 Å².